The molecule has 4 nitrogen and oxygen atoms in total. The van der Waals surface area contributed by atoms with Crippen molar-refractivity contribution in [3.8, 4) is 0 Å². The number of halogens is 1. The van der Waals surface area contributed by atoms with E-state index < -0.39 is 31.7 Å². The molecule has 0 aromatic rings. The van der Waals surface area contributed by atoms with Gasteiger partial charge in [-0.1, -0.05) is 0 Å². The van der Waals surface area contributed by atoms with Crippen LogP contribution in [-0.2, 0) is 20.1 Å². The Bertz CT molecular complexity index is 355. The molecular weight excluding hydrogens is 207 g/mol. The first-order chi connectivity index (χ1) is 5.29. The highest BCUT2D eigenvalue weighted by Gasteiger charge is 2.31. The van der Waals surface area contributed by atoms with E-state index in [0.29, 0.717) is 0 Å². The first-order valence-corrected chi connectivity index (χ1v) is 6.79. The maximum absolute atomic E-state index is 12.1. The minimum absolute atomic E-state index is 0.0206. The van der Waals surface area contributed by atoms with Gasteiger partial charge >= 0.3 is 10.2 Å². The Morgan fingerprint density at radius 1 is 1.42 bits per heavy atom. The number of sulfone groups is 1. The van der Waals surface area contributed by atoms with Crippen LogP contribution < -0.4 is 0 Å². The van der Waals surface area contributed by atoms with E-state index in [1.807, 2.05) is 0 Å². The highest BCUT2D eigenvalue weighted by Crippen LogP contribution is 2.20. The van der Waals surface area contributed by atoms with Gasteiger partial charge < -0.3 is 0 Å². The SMILES string of the molecule is O=S(=O)(F)CC1CCS(=O)(=O)C1. The van der Waals surface area contributed by atoms with Crippen LogP contribution in [0.2, 0.25) is 0 Å². The molecule has 0 radical (unpaired) electrons. The van der Waals surface area contributed by atoms with Crippen molar-refractivity contribution in [2.24, 2.45) is 5.92 Å². The maximum atomic E-state index is 12.1. The van der Waals surface area contributed by atoms with Crippen LogP contribution in [0.3, 0.4) is 0 Å². The summed E-state index contributed by atoms with van der Waals surface area (Å²) in [4.78, 5) is 0. The first kappa shape index (κ1) is 9.91. The summed E-state index contributed by atoms with van der Waals surface area (Å²) < 4.78 is 54.0. The molecular formula is C5H9FO4S2. The van der Waals surface area contributed by atoms with Crippen LogP contribution in [0.25, 0.3) is 0 Å². The lowest BCUT2D eigenvalue weighted by Crippen LogP contribution is -2.13. The fourth-order valence-corrected chi connectivity index (χ4v) is 4.14. The van der Waals surface area contributed by atoms with Crippen LogP contribution in [0, 0.1) is 5.92 Å². The minimum atomic E-state index is -4.52. The molecule has 1 heterocycles. The Kier molecular flexibility index (Phi) is 2.44. The average molecular weight is 216 g/mol. The van der Waals surface area contributed by atoms with Crippen molar-refractivity contribution >= 4 is 20.1 Å². The van der Waals surface area contributed by atoms with Gasteiger partial charge in [0.25, 0.3) is 0 Å². The summed E-state index contributed by atoms with van der Waals surface area (Å²) in [5, 5.41) is 0. The van der Waals surface area contributed by atoms with Crippen molar-refractivity contribution in [2.75, 3.05) is 17.3 Å². The van der Waals surface area contributed by atoms with Gasteiger partial charge in [0, 0.05) is 0 Å². The number of hydrogen-bond acceptors (Lipinski definition) is 4. The predicted octanol–water partition coefficient (Wildman–Crippen LogP) is -0.280. The van der Waals surface area contributed by atoms with Crippen molar-refractivity contribution < 1.29 is 20.7 Å². The number of hydrogen-bond donors (Lipinski definition) is 0. The molecule has 72 valence electrons. The predicted molar refractivity (Wildman–Crippen MR) is 41.7 cm³/mol. The summed E-state index contributed by atoms with van der Waals surface area (Å²) in [5.74, 6) is -1.43. The summed E-state index contributed by atoms with van der Waals surface area (Å²) in [7, 11) is -7.62. The molecule has 1 rings (SSSR count). The number of rotatable bonds is 2. The Labute approximate surface area is 70.9 Å². The van der Waals surface area contributed by atoms with Gasteiger partial charge in [0.05, 0.1) is 17.3 Å². The third kappa shape index (κ3) is 3.06. The fourth-order valence-electron chi connectivity index (χ4n) is 1.28. The standard InChI is InChI=1S/C5H9FO4S2/c6-12(9,10)4-5-1-2-11(7,8)3-5/h5H,1-4H2. The van der Waals surface area contributed by atoms with Gasteiger partial charge in [-0.05, 0) is 12.3 Å². The van der Waals surface area contributed by atoms with Gasteiger partial charge in [0.2, 0.25) is 0 Å². The quantitative estimate of drug-likeness (QED) is 0.595. The zero-order valence-corrected chi connectivity index (χ0v) is 7.87. The molecule has 0 aliphatic carbocycles. The summed E-state index contributed by atoms with van der Waals surface area (Å²) in [6, 6.07) is 0. The molecule has 1 aliphatic rings. The topological polar surface area (TPSA) is 68.3 Å². The Hall–Kier alpha value is -0.170. The summed E-state index contributed by atoms with van der Waals surface area (Å²) in [5.41, 5.74) is 0. The monoisotopic (exact) mass is 216 g/mol. The van der Waals surface area contributed by atoms with Gasteiger partial charge in [-0.3, -0.25) is 0 Å². The molecule has 1 atom stereocenters. The molecule has 0 saturated carbocycles. The highest BCUT2D eigenvalue weighted by atomic mass is 32.3. The summed E-state index contributed by atoms with van der Waals surface area (Å²) in [6.45, 7) is 0. The third-order valence-corrected chi connectivity index (χ3v) is 4.47. The molecule has 1 aliphatic heterocycles. The Morgan fingerprint density at radius 2 is 2.00 bits per heavy atom. The van der Waals surface area contributed by atoms with Crippen LogP contribution in [0.5, 0.6) is 0 Å². The molecule has 12 heavy (non-hydrogen) atoms. The van der Waals surface area contributed by atoms with E-state index in [-0.39, 0.29) is 17.9 Å². The van der Waals surface area contributed by atoms with Crippen LogP contribution >= 0.6 is 0 Å². The van der Waals surface area contributed by atoms with Crippen molar-refractivity contribution in [3.05, 3.63) is 0 Å². The fraction of sp³-hybridized carbons (Fsp3) is 1.00. The molecule has 1 saturated heterocycles. The molecule has 0 aromatic carbocycles. The molecule has 0 bridgehead atoms. The van der Waals surface area contributed by atoms with Crippen molar-refractivity contribution in [1.29, 1.82) is 0 Å². The average Bonchev–Trinajstić information content (AvgIpc) is 2.05. The Morgan fingerprint density at radius 3 is 2.33 bits per heavy atom. The molecule has 1 fully saturated rings. The summed E-state index contributed by atoms with van der Waals surface area (Å²) in [6.07, 6.45) is 0.255. The van der Waals surface area contributed by atoms with Gasteiger partial charge in [0.1, 0.15) is 0 Å². The lowest BCUT2D eigenvalue weighted by atomic mass is 10.2. The van der Waals surface area contributed by atoms with E-state index in [9.17, 15) is 20.7 Å². The second kappa shape index (κ2) is 2.95. The van der Waals surface area contributed by atoms with E-state index in [4.69, 9.17) is 0 Å². The zero-order chi connectivity index (χ0) is 9.41. The van der Waals surface area contributed by atoms with Crippen LogP contribution in [0.4, 0.5) is 3.89 Å². The molecule has 0 N–H and O–H groups in total. The van der Waals surface area contributed by atoms with E-state index in [0.717, 1.165) is 0 Å². The van der Waals surface area contributed by atoms with Crippen LogP contribution in [0.15, 0.2) is 0 Å². The highest BCUT2D eigenvalue weighted by molar-refractivity contribution is 7.91. The van der Waals surface area contributed by atoms with Crippen molar-refractivity contribution in [1.82, 2.24) is 0 Å². The van der Waals surface area contributed by atoms with E-state index >= 15 is 0 Å². The second-order valence-electron chi connectivity index (χ2n) is 2.97. The normalized spacial score (nSPS) is 28.9. The largest absolute Gasteiger partial charge is 0.302 e. The smallest absolute Gasteiger partial charge is 0.229 e. The molecule has 1 unspecified atom stereocenters. The van der Waals surface area contributed by atoms with E-state index in [1.54, 1.807) is 0 Å². The summed E-state index contributed by atoms with van der Waals surface area (Å²) >= 11 is 0. The first-order valence-electron chi connectivity index (χ1n) is 3.41. The zero-order valence-electron chi connectivity index (χ0n) is 6.23. The lowest BCUT2D eigenvalue weighted by Gasteiger charge is -2.00. The van der Waals surface area contributed by atoms with Gasteiger partial charge in [0.15, 0.2) is 9.84 Å². The molecule has 0 spiro atoms. The maximum Gasteiger partial charge on any atom is 0.302 e. The van der Waals surface area contributed by atoms with Gasteiger partial charge in [-0.25, -0.2) is 8.42 Å². The minimum Gasteiger partial charge on any atom is -0.229 e. The van der Waals surface area contributed by atoms with Crippen LogP contribution in [-0.4, -0.2) is 34.1 Å². The van der Waals surface area contributed by atoms with E-state index in [1.165, 1.54) is 0 Å². The van der Waals surface area contributed by atoms with Gasteiger partial charge in [-0.15, -0.1) is 3.89 Å². The van der Waals surface area contributed by atoms with E-state index in [2.05, 4.69) is 0 Å². The second-order valence-corrected chi connectivity index (χ2v) is 6.61. The molecule has 0 aromatic heterocycles. The molecule has 0 amide bonds. The van der Waals surface area contributed by atoms with Crippen molar-refractivity contribution in [3.63, 3.8) is 0 Å². The lowest BCUT2D eigenvalue weighted by molar-refractivity contribution is 0.533. The van der Waals surface area contributed by atoms with Crippen molar-refractivity contribution in [2.45, 2.75) is 6.42 Å². The van der Waals surface area contributed by atoms with Crippen LogP contribution in [0.1, 0.15) is 6.42 Å². The third-order valence-electron chi connectivity index (χ3n) is 1.76. The van der Waals surface area contributed by atoms with Gasteiger partial charge in [-0.2, -0.15) is 8.42 Å². The Balaban J connectivity index is 2.61. The molecule has 7 heteroatoms.